The summed E-state index contributed by atoms with van der Waals surface area (Å²) in [6.07, 6.45) is 0. The molecule has 0 saturated carbocycles. The fraction of sp³-hybridized carbons (Fsp3) is 0.200. The molecule has 2 N–H and O–H groups in total. The van der Waals surface area contributed by atoms with Crippen molar-refractivity contribution in [3.05, 3.63) is 83.1 Å². The van der Waals surface area contributed by atoms with Crippen molar-refractivity contribution in [1.82, 2.24) is 0 Å². The van der Waals surface area contributed by atoms with Crippen LogP contribution in [0.15, 0.2) is 78.2 Å². The van der Waals surface area contributed by atoms with Crippen LogP contribution < -0.4 is 0 Å². The average Bonchev–Trinajstić information content (AvgIpc) is 3.05. The quantitative estimate of drug-likeness (QED) is 0.550. The maximum Gasteiger partial charge on any atom is 0.115 e. The fourth-order valence-corrected chi connectivity index (χ4v) is 2.22. The molecule has 0 fully saturated rings. The van der Waals surface area contributed by atoms with Gasteiger partial charge < -0.3 is 10.2 Å². The number of rotatable bonds is 1. The predicted molar refractivity (Wildman–Crippen MR) is 101 cm³/mol. The molecule has 0 aliphatic heterocycles. The van der Waals surface area contributed by atoms with E-state index in [1.807, 2.05) is 23.5 Å². The molecule has 0 spiro atoms. The van der Waals surface area contributed by atoms with Crippen molar-refractivity contribution in [2.45, 2.75) is 27.2 Å². The molecule has 0 aliphatic carbocycles. The van der Waals surface area contributed by atoms with Gasteiger partial charge in [0.05, 0.1) is 0 Å². The molecule has 3 rings (SSSR count). The predicted octanol–water partition coefficient (Wildman–Crippen LogP) is 6.29. The van der Waals surface area contributed by atoms with Crippen LogP contribution >= 0.6 is 11.3 Å². The van der Waals surface area contributed by atoms with Crippen LogP contribution in [0.4, 0.5) is 0 Å². The zero-order valence-corrected chi connectivity index (χ0v) is 13.7. The third kappa shape index (κ3) is 10.1. The molecule has 3 heteroatoms. The van der Waals surface area contributed by atoms with Crippen LogP contribution in [0.1, 0.15) is 32.1 Å². The number of para-hydroxylation sites is 2. The first-order valence-corrected chi connectivity index (χ1v) is 7.99. The molecule has 1 aromatic heterocycles. The van der Waals surface area contributed by atoms with Crippen LogP contribution in [0.3, 0.4) is 0 Å². The molecule has 0 atom stereocenters. The Morgan fingerprint density at radius 3 is 1.30 bits per heavy atom. The van der Waals surface area contributed by atoms with Crippen molar-refractivity contribution in [2.24, 2.45) is 0 Å². The standard InChI is InChI=1S/C7H10S.2C6H6O.CH4/c1-6(2)7-4-3-5-8-7;2*7-6-4-2-1-3-5-6;/h3-6H,1-2H3;2*1-5,7H;1H4. The highest BCUT2D eigenvalue weighted by Crippen LogP contribution is 2.18. The molecule has 0 radical (unpaired) electrons. The topological polar surface area (TPSA) is 40.5 Å². The van der Waals surface area contributed by atoms with Crippen LogP contribution in [0.25, 0.3) is 0 Å². The van der Waals surface area contributed by atoms with Crippen LogP contribution in [0.5, 0.6) is 11.5 Å². The Morgan fingerprint density at radius 1 is 0.696 bits per heavy atom. The van der Waals surface area contributed by atoms with Crippen LogP contribution in [0.2, 0.25) is 0 Å². The van der Waals surface area contributed by atoms with E-state index >= 15 is 0 Å². The summed E-state index contributed by atoms with van der Waals surface area (Å²) in [6, 6.07) is 21.7. The van der Waals surface area contributed by atoms with Crippen molar-refractivity contribution in [3.8, 4) is 11.5 Å². The van der Waals surface area contributed by atoms with Gasteiger partial charge in [0.1, 0.15) is 11.5 Å². The Bertz CT molecular complexity index is 553. The summed E-state index contributed by atoms with van der Waals surface area (Å²) in [5, 5.41) is 19.4. The van der Waals surface area contributed by atoms with Crippen LogP contribution in [-0.4, -0.2) is 10.2 Å². The fourth-order valence-electron chi connectivity index (χ4n) is 1.48. The number of thiophene rings is 1. The second-order valence-electron chi connectivity index (χ2n) is 4.84. The second kappa shape index (κ2) is 12.3. The van der Waals surface area contributed by atoms with Gasteiger partial charge in [-0.15, -0.1) is 11.3 Å². The van der Waals surface area contributed by atoms with Gasteiger partial charge in [-0.25, -0.2) is 0 Å². The minimum atomic E-state index is 0. The molecule has 0 saturated heterocycles. The van der Waals surface area contributed by atoms with E-state index in [1.165, 1.54) is 4.88 Å². The molecular weight excluding hydrogens is 304 g/mol. The Morgan fingerprint density at radius 2 is 1.13 bits per heavy atom. The van der Waals surface area contributed by atoms with Gasteiger partial charge in [0.2, 0.25) is 0 Å². The number of hydrogen-bond acceptors (Lipinski definition) is 3. The van der Waals surface area contributed by atoms with Gasteiger partial charge in [0.15, 0.2) is 0 Å². The van der Waals surface area contributed by atoms with Crippen molar-refractivity contribution in [3.63, 3.8) is 0 Å². The SMILES string of the molecule is C.CC(C)c1cccs1.Oc1ccccc1.Oc1ccccc1. The summed E-state index contributed by atoms with van der Waals surface area (Å²) in [6.45, 7) is 4.43. The van der Waals surface area contributed by atoms with E-state index in [0.717, 1.165) is 0 Å². The lowest BCUT2D eigenvalue weighted by Crippen LogP contribution is -1.77. The minimum Gasteiger partial charge on any atom is -0.508 e. The van der Waals surface area contributed by atoms with Crippen molar-refractivity contribution < 1.29 is 10.2 Å². The summed E-state index contributed by atoms with van der Waals surface area (Å²) >= 11 is 1.83. The minimum absolute atomic E-state index is 0. The van der Waals surface area contributed by atoms with Crippen LogP contribution in [-0.2, 0) is 0 Å². The normalized spacial score (nSPS) is 8.83. The molecule has 1 heterocycles. The van der Waals surface area contributed by atoms with Gasteiger partial charge in [-0.1, -0.05) is 63.7 Å². The lowest BCUT2D eigenvalue weighted by atomic mass is 10.2. The van der Waals surface area contributed by atoms with Crippen molar-refractivity contribution >= 4 is 11.3 Å². The monoisotopic (exact) mass is 330 g/mol. The molecule has 2 aromatic carbocycles. The Balaban J connectivity index is 0.000000310. The number of benzene rings is 2. The molecule has 3 aromatic rings. The summed E-state index contributed by atoms with van der Waals surface area (Å²) in [4.78, 5) is 1.48. The molecule has 0 unspecified atom stereocenters. The zero-order valence-electron chi connectivity index (χ0n) is 12.9. The molecule has 0 aliphatic rings. The van der Waals surface area contributed by atoms with Gasteiger partial charge >= 0.3 is 0 Å². The van der Waals surface area contributed by atoms with Gasteiger partial charge in [-0.2, -0.15) is 0 Å². The van der Waals surface area contributed by atoms with Gasteiger partial charge in [0.25, 0.3) is 0 Å². The lowest BCUT2D eigenvalue weighted by Gasteiger charge is -1.95. The lowest BCUT2D eigenvalue weighted by molar-refractivity contribution is 0.475. The van der Waals surface area contributed by atoms with Crippen LogP contribution in [0, 0.1) is 0 Å². The Hall–Kier alpha value is -2.26. The smallest absolute Gasteiger partial charge is 0.115 e. The molecule has 0 amide bonds. The summed E-state index contributed by atoms with van der Waals surface area (Å²) in [5.74, 6) is 1.35. The number of phenolic OH excluding ortho intramolecular Hbond substituents is 2. The molecule has 0 bridgehead atoms. The Kier molecular flexibility index (Phi) is 11.1. The van der Waals surface area contributed by atoms with Crippen molar-refractivity contribution in [1.29, 1.82) is 0 Å². The maximum absolute atomic E-state index is 8.63. The average molecular weight is 330 g/mol. The number of phenols is 2. The highest BCUT2D eigenvalue weighted by molar-refractivity contribution is 7.10. The first kappa shape index (κ1) is 20.7. The molecule has 124 valence electrons. The van der Waals surface area contributed by atoms with E-state index in [1.54, 1.807) is 48.5 Å². The molecule has 2 nitrogen and oxygen atoms in total. The molecule has 23 heavy (non-hydrogen) atoms. The number of aromatic hydroxyl groups is 2. The maximum atomic E-state index is 8.63. The zero-order chi connectivity index (χ0) is 16.2. The van der Waals surface area contributed by atoms with Crippen molar-refractivity contribution in [2.75, 3.05) is 0 Å². The molecular formula is C20H26O2S. The second-order valence-corrected chi connectivity index (χ2v) is 5.82. The van der Waals surface area contributed by atoms with Gasteiger partial charge in [0, 0.05) is 4.88 Å². The Labute approximate surface area is 143 Å². The van der Waals surface area contributed by atoms with E-state index in [4.69, 9.17) is 10.2 Å². The summed E-state index contributed by atoms with van der Waals surface area (Å²) < 4.78 is 0. The summed E-state index contributed by atoms with van der Waals surface area (Å²) in [5.41, 5.74) is 0. The number of hydrogen-bond donors (Lipinski definition) is 2. The largest absolute Gasteiger partial charge is 0.508 e. The van der Waals surface area contributed by atoms with E-state index in [2.05, 4.69) is 31.4 Å². The first-order valence-electron chi connectivity index (χ1n) is 7.11. The third-order valence-corrected chi connectivity index (χ3v) is 3.80. The van der Waals surface area contributed by atoms with E-state index in [9.17, 15) is 0 Å². The first-order chi connectivity index (χ1) is 10.6. The van der Waals surface area contributed by atoms with E-state index in [-0.39, 0.29) is 7.43 Å². The summed E-state index contributed by atoms with van der Waals surface area (Å²) in [7, 11) is 0. The van der Waals surface area contributed by atoms with Gasteiger partial charge in [-0.05, 0) is 41.6 Å². The highest BCUT2D eigenvalue weighted by atomic mass is 32.1. The van der Waals surface area contributed by atoms with E-state index in [0.29, 0.717) is 17.4 Å². The van der Waals surface area contributed by atoms with E-state index < -0.39 is 0 Å². The van der Waals surface area contributed by atoms with Gasteiger partial charge in [-0.3, -0.25) is 0 Å². The third-order valence-electron chi connectivity index (χ3n) is 2.62. The highest BCUT2D eigenvalue weighted by Gasteiger charge is 1.95.